The Labute approximate surface area is 156 Å². The normalized spacial score (nSPS) is 13.6. The first-order valence-corrected chi connectivity index (χ1v) is 9.18. The highest BCUT2D eigenvalue weighted by Crippen LogP contribution is 2.35. The van der Waals surface area contributed by atoms with Gasteiger partial charge in [-0.3, -0.25) is 0 Å². The summed E-state index contributed by atoms with van der Waals surface area (Å²) in [5.74, 6) is -1.25. The van der Waals surface area contributed by atoms with Gasteiger partial charge in [-0.05, 0) is 44.5 Å². The van der Waals surface area contributed by atoms with Crippen molar-refractivity contribution >= 4 is 5.97 Å². The molecule has 2 N–H and O–H groups in total. The van der Waals surface area contributed by atoms with E-state index in [-0.39, 0.29) is 0 Å². The highest BCUT2D eigenvalue weighted by molar-refractivity contribution is 5.84. The molecule has 0 aromatic heterocycles. The molecule has 0 radical (unpaired) electrons. The number of benzene rings is 2. The van der Waals surface area contributed by atoms with Crippen LogP contribution >= 0.6 is 0 Å². The topological polar surface area (TPSA) is 60.8 Å². The SMILES string of the molecule is CCN(CC)CCc1ccccc1C(O)(C(=O)O)c1ccc(C)cc1C. The summed E-state index contributed by atoms with van der Waals surface area (Å²) in [6, 6.07) is 12.8. The zero-order valence-corrected chi connectivity index (χ0v) is 16.1. The van der Waals surface area contributed by atoms with E-state index in [1.165, 1.54) is 0 Å². The van der Waals surface area contributed by atoms with E-state index in [1.807, 2.05) is 38.1 Å². The molecule has 0 saturated heterocycles. The molecule has 4 heteroatoms. The number of aliphatic hydroxyl groups is 1. The van der Waals surface area contributed by atoms with Gasteiger partial charge in [0.1, 0.15) is 0 Å². The lowest BCUT2D eigenvalue weighted by atomic mass is 9.80. The maximum Gasteiger partial charge on any atom is 0.345 e. The Balaban J connectivity index is 2.52. The molecular weight excluding hydrogens is 326 g/mol. The summed E-state index contributed by atoms with van der Waals surface area (Å²) >= 11 is 0. The van der Waals surface area contributed by atoms with E-state index >= 15 is 0 Å². The average molecular weight is 355 g/mol. The van der Waals surface area contributed by atoms with Crippen LogP contribution in [-0.4, -0.2) is 40.7 Å². The number of aryl methyl sites for hydroxylation is 2. The molecule has 0 saturated carbocycles. The summed E-state index contributed by atoms with van der Waals surface area (Å²) in [7, 11) is 0. The molecule has 140 valence electrons. The third-order valence-electron chi connectivity index (χ3n) is 5.08. The standard InChI is InChI=1S/C22H29NO3/c1-5-23(6-2)14-13-18-9-7-8-10-20(18)22(26,21(24)25)19-12-11-16(3)15-17(19)4/h7-12,15,26H,5-6,13-14H2,1-4H3,(H,24,25). The molecule has 0 aliphatic carbocycles. The minimum Gasteiger partial charge on any atom is -0.479 e. The van der Waals surface area contributed by atoms with Gasteiger partial charge in [-0.25, -0.2) is 4.79 Å². The van der Waals surface area contributed by atoms with Crippen molar-refractivity contribution < 1.29 is 15.0 Å². The number of likely N-dealkylation sites (N-methyl/N-ethyl adjacent to an activating group) is 1. The smallest absolute Gasteiger partial charge is 0.345 e. The fraction of sp³-hybridized carbons (Fsp3) is 0.409. The molecule has 0 fully saturated rings. The van der Waals surface area contributed by atoms with E-state index in [1.54, 1.807) is 18.2 Å². The van der Waals surface area contributed by atoms with Gasteiger partial charge in [-0.2, -0.15) is 0 Å². The van der Waals surface area contributed by atoms with Crippen molar-refractivity contribution in [2.45, 2.75) is 39.7 Å². The Morgan fingerprint density at radius 1 is 1.04 bits per heavy atom. The van der Waals surface area contributed by atoms with Crippen molar-refractivity contribution in [1.29, 1.82) is 0 Å². The molecular formula is C22H29NO3. The quantitative estimate of drug-likeness (QED) is 0.761. The van der Waals surface area contributed by atoms with Gasteiger partial charge in [0.15, 0.2) is 0 Å². The first-order chi connectivity index (χ1) is 12.3. The maximum atomic E-state index is 12.2. The van der Waals surface area contributed by atoms with E-state index in [4.69, 9.17) is 0 Å². The number of hydrogen-bond acceptors (Lipinski definition) is 3. The van der Waals surface area contributed by atoms with Gasteiger partial charge < -0.3 is 15.1 Å². The van der Waals surface area contributed by atoms with Crippen LogP contribution in [0.25, 0.3) is 0 Å². The predicted molar refractivity (Wildman–Crippen MR) is 104 cm³/mol. The molecule has 1 atom stereocenters. The highest BCUT2D eigenvalue weighted by Gasteiger charge is 2.42. The summed E-state index contributed by atoms with van der Waals surface area (Å²) < 4.78 is 0. The van der Waals surface area contributed by atoms with Crippen LogP contribution in [0.3, 0.4) is 0 Å². The number of carboxylic acid groups (broad SMARTS) is 1. The first kappa shape index (κ1) is 20.1. The first-order valence-electron chi connectivity index (χ1n) is 9.18. The van der Waals surface area contributed by atoms with Crippen LogP contribution in [0, 0.1) is 13.8 Å². The number of aliphatic carboxylic acids is 1. The lowest BCUT2D eigenvalue weighted by molar-refractivity contribution is -0.155. The van der Waals surface area contributed by atoms with Crippen molar-refractivity contribution in [3.63, 3.8) is 0 Å². The van der Waals surface area contributed by atoms with Crippen molar-refractivity contribution in [2.24, 2.45) is 0 Å². The molecule has 0 heterocycles. The minimum atomic E-state index is -2.06. The number of hydrogen-bond donors (Lipinski definition) is 2. The molecule has 2 aromatic carbocycles. The van der Waals surface area contributed by atoms with Gasteiger partial charge in [-0.15, -0.1) is 0 Å². The van der Waals surface area contributed by atoms with Gasteiger partial charge in [0.05, 0.1) is 0 Å². The van der Waals surface area contributed by atoms with Gasteiger partial charge in [0.2, 0.25) is 5.60 Å². The second-order valence-electron chi connectivity index (χ2n) is 6.77. The molecule has 0 bridgehead atoms. The Bertz CT molecular complexity index is 768. The van der Waals surface area contributed by atoms with Gasteiger partial charge in [0, 0.05) is 17.7 Å². The average Bonchev–Trinajstić information content (AvgIpc) is 2.62. The fourth-order valence-electron chi connectivity index (χ4n) is 3.50. The highest BCUT2D eigenvalue weighted by atomic mass is 16.4. The van der Waals surface area contributed by atoms with E-state index in [0.29, 0.717) is 17.5 Å². The number of carboxylic acids is 1. The molecule has 4 nitrogen and oxygen atoms in total. The fourth-order valence-corrected chi connectivity index (χ4v) is 3.50. The lowest BCUT2D eigenvalue weighted by Crippen LogP contribution is -2.39. The summed E-state index contributed by atoms with van der Waals surface area (Å²) in [5.41, 5.74) is 1.49. The molecule has 0 aliphatic heterocycles. The van der Waals surface area contributed by atoms with Crippen LogP contribution in [0.4, 0.5) is 0 Å². The van der Waals surface area contributed by atoms with E-state index in [0.717, 1.165) is 36.3 Å². The van der Waals surface area contributed by atoms with Gasteiger partial charge in [-0.1, -0.05) is 61.9 Å². The molecule has 1 unspecified atom stereocenters. The lowest BCUT2D eigenvalue weighted by Gasteiger charge is -2.29. The van der Waals surface area contributed by atoms with Crippen LogP contribution in [0.5, 0.6) is 0 Å². The Hall–Kier alpha value is -2.17. The minimum absolute atomic E-state index is 0.422. The van der Waals surface area contributed by atoms with Crippen molar-refractivity contribution in [2.75, 3.05) is 19.6 Å². The van der Waals surface area contributed by atoms with Crippen LogP contribution in [0.15, 0.2) is 42.5 Å². The Morgan fingerprint density at radius 3 is 2.27 bits per heavy atom. The van der Waals surface area contributed by atoms with E-state index in [9.17, 15) is 15.0 Å². The molecule has 2 rings (SSSR count). The largest absolute Gasteiger partial charge is 0.479 e. The summed E-state index contributed by atoms with van der Waals surface area (Å²) in [6.07, 6.45) is 0.693. The molecule has 0 aliphatic rings. The van der Waals surface area contributed by atoms with E-state index < -0.39 is 11.6 Å². The summed E-state index contributed by atoms with van der Waals surface area (Å²) in [5, 5.41) is 21.3. The van der Waals surface area contributed by atoms with Crippen LogP contribution < -0.4 is 0 Å². The van der Waals surface area contributed by atoms with Crippen molar-refractivity contribution in [3.05, 3.63) is 70.3 Å². The van der Waals surface area contributed by atoms with Crippen molar-refractivity contribution in [3.8, 4) is 0 Å². The zero-order chi connectivity index (χ0) is 19.3. The molecule has 2 aromatic rings. The third-order valence-corrected chi connectivity index (χ3v) is 5.08. The van der Waals surface area contributed by atoms with Crippen LogP contribution in [-0.2, 0) is 16.8 Å². The van der Waals surface area contributed by atoms with Gasteiger partial charge in [0.25, 0.3) is 0 Å². The van der Waals surface area contributed by atoms with E-state index in [2.05, 4.69) is 18.7 Å². The molecule has 0 spiro atoms. The molecule has 26 heavy (non-hydrogen) atoms. The summed E-state index contributed by atoms with van der Waals surface area (Å²) in [6.45, 7) is 10.7. The third kappa shape index (κ3) is 3.97. The van der Waals surface area contributed by atoms with Crippen molar-refractivity contribution in [1.82, 2.24) is 4.90 Å². The number of rotatable bonds is 8. The number of carbonyl (C=O) groups is 1. The number of nitrogens with zero attached hydrogens (tertiary/aromatic N) is 1. The van der Waals surface area contributed by atoms with Crippen LogP contribution in [0.1, 0.15) is 41.7 Å². The van der Waals surface area contributed by atoms with Crippen LogP contribution in [0.2, 0.25) is 0 Å². The summed E-state index contributed by atoms with van der Waals surface area (Å²) in [4.78, 5) is 14.5. The predicted octanol–water partition coefficient (Wildman–Crippen LogP) is 3.51. The Morgan fingerprint density at radius 2 is 1.69 bits per heavy atom. The second-order valence-corrected chi connectivity index (χ2v) is 6.77. The maximum absolute atomic E-state index is 12.2. The Kier molecular flexibility index (Phi) is 6.57. The monoisotopic (exact) mass is 355 g/mol. The van der Waals surface area contributed by atoms with Gasteiger partial charge >= 0.3 is 5.97 Å². The zero-order valence-electron chi connectivity index (χ0n) is 16.1. The molecule has 0 amide bonds. The second kappa shape index (κ2) is 8.47.